The SMILES string of the molecule is CC(=O)Oc1ccc(N(C)C)c2c1C(O)=C1C(=O)[C@]3(OC(C)=O)C(O)=C(C(C)=O)C(=O)C[C@@H]3C[C@@H]1C2. The van der Waals surface area contributed by atoms with Gasteiger partial charge in [-0.25, -0.2) is 0 Å². The van der Waals surface area contributed by atoms with Crippen LogP contribution in [0.3, 0.4) is 0 Å². The molecule has 1 aromatic rings. The molecule has 0 aliphatic heterocycles. The van der Waals surface area contributed by atoms with Gasteiger partial charge in [-0.2, -0.15) is 0 Å². The van der Waals surface area contributed by atoms with Gasteiger partial charge in [0.15, 0.2) is 17.3 Å². The van der Waals surface area contributed by atoms with E-state index in [1.807, 2.05) is 4.90 Å². The Labute approximate surface area is 207 Å². The van der Waals surface area contributed by atoms with Crippen molar-refractivity contribution in [3.05, 3.63) is 40.2 Å². The Bertz CT molecular complexity index is 1300. The van der Waals surface area contributed by atoms with Gasteiger partial charge in [-0.3, -0.25) is 24.0 Å². The molecule has 3 aliphatic carbocycles. The van der Waals surface area contributed by atoms with E-state index in [2.05, 4.69) is 0 Å². The first-order chi connectivity index (χ1) is 16.8. The number of hydrogen-bond donors (Lipinski definition) is 2. The monoisotopic (exact) mass is 497 g/mol. The Morgan fingerprint density at radius 3 is 2.25 bits per heavy atom. The molecule has 1 aromatic carbocycles. The maximum absolute atomic E-state index is 14.1. The number of carbonyl (C=O) groups is 5. The molecule has 10 nitrogen and oxygen atoms in total. The van der Waals surface area contributed by atoms with Crippen LogP contribution in [0.4, 0.5) is 5.69 Å². The number of Topliss-reactive ketones (excluding diaryl/α,β-unsaturated/α-hetero) is 3. The molecule has 10 heteroatoms. The van der Waals surface area contributed by atoms with Gasteiger partial charge < -0.3 is 24.6 Å². The maximum atomic E-state index is 14.1. The first-order valence-electron chi connectivity index (χ1n) is 11.5. The van der Waals surface area contributed by atoms with E-state index in [4.69, 9.17) is 9.47 Å². The molecule has 2 N–H and O–H groups in total. The molecule has 36 heavy (non-hydrogen) atoms. The molecular formula is C26H27NO9. The zero-order valence-electron chi connectivity index (χ0n) is 20.6. The summed E-state index contributed by atoms with van der Waals surface area (Å²) in [4.78, 5) is 64.7. The summed E-state index contributed by atoms with van der Waals surface area (Å²) in [6.07, 6.45) is 0.0842. The van der Waals surface area contributed by atoms with Crippen molar-refractivity contribution in [1.29, 1.82) is 0 Å². The Morgan fingerprint density at radius 2 is 1.69 bits per heavy atom. The van der Waals surface area contributed by atoms with E-state index < -0.39 is 63.8 Å². The van der Waals surface area contributed by atoms with Crippen LogP contribution in [0.1, 0.15) is 44.7 Å². The Morgan fingerprint density at radius 1 is 1.03 bits per heavy atom. The number of aliphatic hydroxyl groups is 2. The number of esters is 2. The fourth-order valence-corrected chi connectivity index (χ4v) is 5.75. The van der Waals surface area contributed by atoms with E-state index in [1.165, 1.54) is 13.0 Å². The molecule has 0 saturated heterocycles. The highest BCUT2D eigenvalue weighted by Crippen LogP contribution is 2.54. The summed E-state index contributed by atoms with van der Waals surface area (Å²) in [7, 11) is 3.61. The van der Waals surface area contributed by atoms with Crippen LogP contribution >= 0.6 is 0 Å². The van der Waals surface area contributed by atoms with Crippen molar-refractivity contribution in [3.8, 4) is 5.75 Å². The van der Waals surface area contributed by atoms with E-state index in [9.17, 15) is 34.2 Å². The Hall–Kier alpha value is -3.95. The van der Waals surface area contributed by atoms with Gasteiger partial charge in [0.05, 0.1) is 5.56 Å². The second kappa shape index (κ2) is 8.61. The van der Waals surface area contributed by atoms with Crippen molar-refractivity contribution in [3.63, 3.8) is 0 Å². The number of nitrogens with zero attached hydrogens (tertiary/aromatic N) is 1. The topological polar surface area (TPSA) is 148 Å². The van der Waals surface area contributed by atoms with Crippen LogP contribution in [0.2, 0.25) is 0 Å². The molecule has 1 fully saturated rings. The minimum atomic E-state index is -2.32. The summed E-state index contributed by atoms with van der Waals surface area (Å²) in [5.41, 5.74) is -1.51. The molecule has 0 bridgehead atoms. The molecule has 190 valence electrons. The minimum Gasteiger partial charge on any atom is -0.507 e. The largest absolute Gasteiger partial charge is 0.507 e. The Balaban J connectivity index is 2.02. The van der Waals surface area contributed by atoms with Crippen molar-refractivity contribution in [2.75, 3.05) is 19.0 Å². The van der Waals surface area contributed by atoms with E-state index in [1.54, 1.807) is 20.2 Å². The van der Waals surface area contributed by atoms with Crippen LogP contribution in [0, 0.1) is 11.8 Å². The predicted molar refractivity (Wildman–Crippen MR) is 126 cm³/mol. The van der Waals surface area contributed by atoms with Gasteiger partial charge in [-0.15, -0.1) is 0 Å². The number of benzene rings is 1. The van der Waals surface area contributed by atoms with Gasteiger partial charge in [0.2, 0.25) is 11.4 Å². The third kappa shape index (κ3) is 3.59. The molecule has 0 aromatic heterocycles. The van der Waals surface area contributed by atoms with Gasteiger partial charge in [-0.05, 0) is 43.4 Å². The lowest BCUT2D eigenvalue weighted by atomic mass is 9.59. The smallest absolute Gasteiger partial charge is 0.308 e. The van der Waals surface area contributed by atoms with Crippen molar-refractivity contribution in [2.45, 2.75) is 45.6 Å². The first-order valence-corrected chi connectivity index (χ1v) is 11.5. The lowest BCUT2D eigenvalue weighted by molar-refractivity contribution is -0.175. The van der Waals surface area contributed by atoms with Crippen LogP contribution in [0.25, 0.3) is 5.76 Å². The first kappa shape index (κ1) is 25.2. The summed E-state index contributed by atoms with van der Waals surface area (Å²) in [5.74, 6) is -6.69. The summed E-state index contributed by atoms with van der Waals surface area (Å²) in [6.45, 7) is 3.33. The lowest BCUT2D eigenvalue weighted by Gasteiger charge is -2.48. The fraction of sp³-hybridized carbons (Fsp3) is 0.423. The number of allylic oxidation sites excluding steroid dienone is 1. The van der Waals surface area contributed by atoms with Crippen LogP contribution in [-0.4, -0.2) is 59.2 Å². The van der Waals surface area contributed by atoms with E-state index in [0.717, 1.165) is 19.5 Å². The number of aliphatic hydroxyl groups excluding tert-OH is 2. The number of rotatable bonds is 4. The van der Waals surface area contributed by atoms with Crippen molar-refractivity contribution in [2.24, 2.45) is 11.8 Å². The van der Waals surface area contributed by atoms with E-state index in [0.29, 0.717) is 5.56 Å². The average Bonchev–Trinajstić information content (AvgIpc) is 2.74. The van der Waals surface area contributed by atoms with Crippen molar-refractivity contribution < 1.29 is 43.7 Å². The summed E-state index contributed by atoms with van der Waals surface area (Å²) >= 11 is 0. The van der Waals surface area contributed by atoms with Crippen LogP contribution < -0.4 is 9.64 Å². The highest BCUT2D eigenvalue weighted by atomic mass is 16.6. The molecule has 0 amide bonds. The van der Waals surface area contributed by atoms with Gasteiger partial charge in [0.25, 0.3) is 0 Å². The minimum absolute atomic E-state index is 0.0472. The summed E-state index contributed by atoms with van der Waals surface area (Å²) in [5, 5.41) is 22.6. The number of anilines is 1. The number of fused-ring (bicyclic) bond motifs is 3. The van der Waals surface area contributed by atoms with Crippen molar-refractivity contribution >= 4 is 40.7 Å². The summed E-state index contributed by atoms with van der Waals surface area (Å²) in [6, 6.07) is 3.25. The molecular weight excluding hydrogens is 470 g/mol. The molecule has 0 heterocycles. The highest BCUT2D eigenvalue weighted by Gasteiger charge is 2.63. The van der Waals surface area contributed by atoms with Crippen molar-refractivity contribution in [1.82, 2.24) is 0 Å². The number of carbonyl (C=O) groups excluding carboxylic acids is 5. The molecule has 4 rings (SSSR count). The highest BCUT2D eigenvalue weighted by molar-refractivity contribution is 6.23. The van der Waals surface area contributed by atoms with Gasteiger partial charge in [0, 0.05) is 51.5 Å². The number of ketones is 3. The average molecular weight is 498 g/mol. The lowest BCUT2D eigenvalue weighted by Crippen LogP contribution is -2.60. The molecule has 3 atom stereocenters. The van der Waals surface area contributed by atoms with E-state index in [-0.39, 0.29) is 36.1 Å². The second-order valence-corrected chi connectivity index (χ2v) is 9.59. The third-order valence-corrected chi connectivity index (χ3v) is 7.02. The number of ether oxygens (including phenoxy) is 2. The molecule has 0 unspecified atom stereocenters. The maximum Gasteiger partial charge on any atom is 0.308 e. The number of hydrogen-bond acceptors (Lipinski definition) is 10. The predicted octanol–water partition coefficient (Wildman–Crippen LogP) is 2.38. The fourth-order valence-electron chi connectivity index (χ4n) is 5.75. The molecule has 3 aliphatic rings. The zero-order valence-corrected chi connectivity index (χ0v) is 20.6. The Kier molecular flexibility index (Phi) is 6.02. The summed E-state index contributed by atoms with van der Waals surface area (Å²) < 4.78 is 10.8. The van der Waals surface area contributed by atoms with Gasteiger partial charge in [0.1, 0.15) is 17.1 Å². The zero-order chi connectivity index (χ0) is 26.7. The third-order valence-electron chi connectivity index (χ3n) is 7.02. The standard InChI is InChI=1S/C26H27NO9/c1-11(28)20-18(31)10-15-8-14-9-16-17(27(4)5)6-7-19(35-12(2)29)22(16)23(32)21(14)25(34)26(15,24(20)33)36-13(3)30/h6-7,14-15,32-33H,8-10H2,1-5H3/t14-,15+,26-/m1/s1. The normalized spacial score (nSPS) is 25.0. The van der Waals surface area contributed by atoms with Crippen LogP contribution in [-0.2, 0) is 35.1 Å². The molecule has 0 radical (unpaired) electrons. The second-order valence-electron chi connectivity index (χ2n) is 9.59. The van der Waals surface area contributed by atoms with Gasteiger partial charge >= 0.3 is 11.9 Å². The van der Waals surface area contributed by atoms with Crippen LogP contribution in [0.15, 0.2) is 29.0 Å². The van der Waals surface area contributed by atoms with Gasteiger partial charge in [-0.1, -0.05) is 0 Å². The van der Waals surface area contributed by atoms with Crippen LogP contribution in [0.5, 0.6) is 5.75 Å². The quantitative estimate of drug-likeness (QED) is 0.361. The van der Waals surface area contributed by atoms with E-state index >= 15 is 0 Å². The molecule has 1 saturated carbocycles. The molecule has 0 spiro atoms.